The van der Waals surface area contributed by atoms with E-state index in [0.29, 0.717) is 39.8 Å². The lowest BCUT2D eigenvalue weighted by Crippen LogP contribution is -2.34. The van der Waals surface area contributed by atoms with E-state index in [1.54, 1.807) is 26.0 Å². The van der Waals surface area contributed by atoms with Crippen LogP contribution in [0.2, 0.25) is 0 Å². The number of carbonyl (C=O) groups excluding carboxylic acids is 4. The monoisotopic (exact) mass is 580 g/mol. The molecule has 36 heavy (non-hydrogen) atoms. The van der Waals surface area contributed by atoms with E-state index in [4.69, 9.17) is 14.2 Å². The first-order valence-electron chi connectivity index (χ1n) is 10.8. The molecular weight excluding hydrogens is 559 g/mol. The fourth-order valence-electron chi connectivity index (χ4n) is 3.03. The number of nitrogens with zero attached hydrogens (tertiary/aromatic N) is 1. The maximum absolute atomic E-state index is 13.0. The topological polar surface area (TPSA) is 111 Å². The van der Waals surface area contributed by atoms with Crippen molar-refractivity contribution in [1.82, 2.24) is 4.90 Å². The summed E-state index contributed by atoms with van der Waals surface area (Å²) in [6.45, 7) is 3.04. The molecule has 0 bridgehead atoms. The van der Waals surface area contributed by atoms with E-state index in [1.807, 2.05) is 0 Å². The summed E-state index contributed by atoms with van der Waals surface area (Å²) in [5.74, 6) is -1.58. The van der Waals surface area contributed by atoms with Crippen LogP contribution in [0.3, 0.4) is 0 Å². The SMILES string of the molecule is CCOC(=O)CN1C(=O)S/C(=C/c2cc(OCC)c(OCC(=O)Nc3ccc(F)cc3)cc2Br)C1=O. The highest BCUT2D eigenvalue weighted by molar-refractivity contribution is 9.10. The molecular formula is C24H22BrFN2O7S. The van der Waals surface area contributed by atoms with Gasteiger partial charge in [0.1, 0.15) is 12.4 Å². The average Bonchev–Trinajstić information content (AvgIpc) is 3.09. The van der Waals surface area contributed by atoms with E-state index in [9.17, 15) is 23.6 Å². The number of amides is 3. The van der Waals surface area contributed by atoms with Gasteiger partial charge in [-0.3, -0.25) is 24.1 Å². The zero-order valence-corrected chi connectivity index (χ0v) is 21.7. The minimum atomic E-state index is -0.675. The number of benzene rings is 2. The zero-order valence-electron chi connectivity index (χ0n) is 19.3. The molecule has 0 aliphatic carbocycles. The van der Waals surface area contributed by atoms with Gasteiger partial charge in [-0.1, -0.05) is 15.9 Å². The van der Waals surface area contributed by atoms with Crippen molar-refractivity contribution in [1.29, 1.82) is 0 Å². The summed E-state index contributed by atoms with van der Waals surface area (Å²) >= 11 is 4.12. The molecule has 9 nitrogen and oxygen atoms in total. The summed E-state index contributed by atoms with van der Waals surface area (Å²) in [6.07, 6.45) is 1.49. The predicted molar refractivity (Wildman–Crippen MR) is 135 cm³/mol. The molecule has 0 atom stereocenters. The third-order valence-electron chi connectivity index (χ3n) is 4.60. The van der Waals surface area contributed by atoms with Gasteiger partial charge in [0.15, 0.2) is 18.1 Å². The molecule has 0 radical (unpaired) electrons. The van der Waals surface area contributed by atoms with Crippen molar-refractivity contribution in [2.24, 2.45) is 0 Å². The van der Waals surface area contributed by atoms with Gasteiger partial charge < -0.3 is 19.5 Å². The summed E-state index contributed by atoms with van der Waals surface area (Å²) in [6, 6.07) is 8.48. The lowest BCUT2D eigenvalue weighted by atomic mass is 10.1. The van der Waals surface area contributed by atoms with Crippen molar-refractivity contribution in [3.63, 3.8) is 0 Å². The number of nitrogens with one attached hydrogen (secondary N) is 1. The van der Waals surface area contributed by atoms with Crippen LogP contribution in [0.15, 0.2) is 45.8 Å². The van der Waals surface area contributed by atoms with Crippen LogP contribution in [-0.4, -0.2) is 54.3 Å². The molecule has 0 unspecified atom stereocenters. The first-order valence-corrected chi connectivity index (χ1v) is 12.4. The predicted octanol–water partition coefficient (Wildman–Crippen LogP) is 4.60. The number of hydrogen-bond acceptors (Lipinski definition) is 8. The van der Waals surface area contributed by atoms with Crippen molar-refractivity contribution in [3.05, 3.63) is 57.2 Å². The van der Waals surface area contributed by atoms with Crippen molar-refractivity contribution >= 4 is 62.5 Å². The van der Waals surface area contributed by atoms with Gasteiger partial charge in [-0.2, -0.15) is 0 Å². The number of halogens is 2. The molecule has 1 fully saturated rings. The van der Waals surface area contributed by atoms with E-state index in [1.165, 1.54) is 30.3 Å². The minimum absolute atomic E-state index is 0.125. The summed E-state index contributed by atoms with van der Waals surface area (Å²) in [5, 5.41) is 2.02. The Hall–Kier alpha value is -3.38. The standard InChI is InChI=1S/C24H22BrFN2O7S/c1-3-33-18-9-14(10-20-23(31)28(24(32)36-20)12-22(30)34-4-2)17(25)11-19(18)35-13-21(29)27-16-7-5-15(26)6-8-16/h5-11H,3-4,12-13H2,1-2H3,(H,27,29)/b20-10+. The lowest BCUT2D eigenvalue weighted by molar-refractivity contribution is -0.146. The van der Waals surface area contributed by atoms with E-state index in [2.05, 4.69) is 21.2 Å². The fraction of sp³-hybridized carbons (Fsp3) is 0.250. The van der Waals surface area contributed by atoms with E-state index in [0.717, 1.165) is 4.90 Å². The molecule has 3 rings (SSSR count). The summed E-state index contributed by atoms with van der Waals surface area (Å²) < 4.78 is 29.6. The molecule has 2 aromatic carbocycles. The first kappa shape index (κ1) is 27.2. The number of imide groups is 1. The number of rotatable bonds is 10. The Balaban J connectivity index is 1.74. The molecule has 1 saturated heterocycles. The van der Waals surface area contributed by atoms with Gasteiger partial charge in [0.25, 0.3) is 17.1 Å². The Labute approximate surface area is 219 Å². The van der Waals surface area contributed by atoms with Crippen molar-refractivity contribution in [2.45, 2.75) is 13.8 Å². The molecule has 1 N–H and O–H groups in total. The molecule has 1 heterocycles. The second-order valence-electron chi connectivity index (χ2n) is 7.17. The summed E-state index contributed by atoms with van der Waals surface area (Å²) in [7, 11) is 0. The smallest absolute Gasteiger partial charge is 0.326 e. The number of anilines is 1. The van der Waals surface area contributed by atoms with E-state index < -0.39 is 35.4 Å². The molecule has 0 spiro atoms. The first-order chi connectivity index (χ1) is 17.2. The summed E-state index contributed by atoms with van der Waals surface area (Å²) in [5.41, 5.74) is 0.937. The Bertz CT molecular complexity index is 1200. The Kier molecular flexibility index (Phi) is 9.48. The minimum Gasteiger partial charge on any atom is -0.490 e. The molecule has 190 valence electrons. The van der Waals surface area contributed by atoms with Crippen LogP contribution in [0.5, 0.6) is 11.5 Å². The van der Waals surface area contributed by atoms with E-state index in [-0.39, 0.29) is 23.9 Å². The number of esters is 1. The Morgan fingerprint density at radius 3 is 2.44 bits per heavy atom. The maximum Gasteiger partial charge on any atom is 0.326 e. The number of carbonyl (C=O) groups is 4. The van der Waals surface area contributed by atoms with Crippen molar-refractivity contribution < 1.29 is 37.8 Å². The molecule has 1 aliphatic heterocycles. The summed E-state index contributed by atoms with van der Waals surface area (Å²) in [4.78, 5) is 49.8. The van der Waals surface area contributed by atoms with Crippen LogP contribution in [0.25, 0.3) is 6.08 Å². The molecule has 3 amide bonds. The third kappa shape index (κ3) is 7.08. The van der Waals surface area contributed by atoms with Gasteiger partial charge in [-0.25, -0.2) is 4.39 Å². The average molecular weight is 581 g/mol. The van der Waals surface area contributed by atoms with Crippen LogP contribution < -0.4 is 14.8 Å². The second kappa shape index (κ2) is 12.5. The van der Waals surface area contributed by atoms with Crippen LogP contribution in [0.4, 0.5) is 14.9 Å². The van der Waals surface area contributed by atoms with Gasteiger partial charge in [-0.05, 0) is 73.6 Å². The van der Waals surface area contributed by atoms with E-state index >= 15 is 0 Å². The number of thioether (sulfide) groups is 1. The quantitative estimate of drug-likeness (QED) is 0.320. The van der Waals surface area contributed by atoms with Crippen LogP contribution >= 0.6 is 27.7 Å². The lowest BCUT2D eigenvalue weighted by Gasteiger charge is -2.14. The van der Waals surface area contributed by atoms with Gasteiger partial charge >= 0.3 is 5.97 Å². The zero-order chi connectivity index (χ0) is 26.2. The molecule has 12 heteroatoms. The van der Waals surface area contributed by atoms with Crippen LogP contribution in [0, 0.1) is 5.82 Å². The Morgan fingerprint density at radius 1 is 1.08 bits per heavy atom. The van der Waals surface area contributed by atoms with Crippen LogP contribution in [-0.2, 0) is 19.1 Å². The van der Waals surface area contributed by atoms with Gasteiger partial charge in [0, 0.05) is 10.2 Å². The van der Waals surface area contributed by atoms with Crippen molar-refractivity contribution in [3.8, 4) is 11.5 Å². The van der Waals surface area contributed by atoms with Gasteiger partial charge in [0.2, 0.25) is 0 Å². The van der Waals surface area contributed by atoms with Crippen LogP contribution in [0.1, 0.15) is 19.4 Å². The molecule has 0 aromatic heterocycles. The highest BCUT2D eigenvalue weighted by Gasteiger charge is 2.36. The van der Waals surface area contributed by atoms with Gasteiger partial charge in [-0.15, -0.1) is 0 Å². The fourth-order valence-corrected chi connectivity index (χ4v) is 4.30. The second-order valence-corrected chi connectivity index (χ2v) is 9.02. The molecule has 2 aromatic rings. The third-order valence-corrected chi connectivity index (χ3v) is 6.20. The van der Waals surface area contributed by atoms with Gasteiger partial charge in [0.05, 0.1) is 18.1 Å². The number of hydrogen-bond donors (Lipinski definition) is 1. The van der Waals surface area contributed by atoms with Crippen molar-refractivity contribution in [2.75, 3.05) is 31.7 Å². The largest absolute Gasteiger partial charge is 0.490 e. The number of ether oxygens (including phenoxy) is 3. The normalized spacial score (nSPS) is 14.2. The highest BCUT2D eigenvalue weighted by atomic mass is 79.9. The highest BCUT2D eigenvalue weighted by Crippen LogP contribution is 2.38. The maximum atomic E-state index is 13.0. The molecule has 0 saturated carbocycles. The Morgan fingerprint density at radius 2 is 1.78 bits per heavy atom. The molecule has 1 aliphatic rings.